The van der Waals surface area contributed by atoms with Crippen LogP contribution >= 0.6 is 0 Å². The Balaban J connectivity index is 2.00. The lowest BCUT2D eigenvalue weighted by atomic mass is 10.1. The summed E-state index contributed by atoms with van der Waals surface area (Å²) in [6.07, 6.45) is 5.99. The Kier molecular flexibility index (Phi) is 6.90. The van der Waals surface area contributed by atoms with Crippen molar-refractivity contribution < 1.29 is 19.5 Å². The molecule has 0 fully saturated rings. The van der Waals surface area contributed by atoms with Crippen LogP contribution in [0.4, 0.5) is 5.69 Å². The molecule has 2 rings (SSSR count). The number of nitrogens with zero attached hydrogens (tertiary/aromatic N) is 3. The zero-order chi connectivity index (χ0) is 18.9. The van der Waals surface area contributed by atoms with E-state index in [0.717, 1.165) is 0 Å². The number of aliphatic carboxylic acids is 1. The maximum Gasteiger partial charge on any atom is 0.323 e. The number of rotatable bonds is 9. The SMILES string of the molecule is CCCN(CC(=O)O)C(=O)c1cccc(NC(=O)CCn2ccnc2)c1. The first-order chi connectivity index (χ1) is 12.5. The molecular weight excluding hydrogens is 336 g/mol. The van der Waals surface area contributed by atoms with Crippen LogP contribution in [0.1, 0.15) is 30.1 Å². The number of aryl methyl sites for hydroxylation is 1. The highest BCUT2D eigenvalue weighted by atomic mass is 16.4. The van der Waals surface area contributed by atoms with Crippen LogP contribution in [0.3, 0.4) is 0 Å². The van der Waals surface area contributed by atoms with Crippen LogP contribution in [0.25, 0.3) is 0 Å². The van der Waals surface area contributed by atoms with Crippen molar-refractivity contribution in [3.8, 4) is 0 Å². The fourth-order valence-electron chi connectivity index (χ4n) is 2.47. The molecule has 0 saturated heterocycles. The van der Waals surface area contributed by atoms with Gasteiger partial charge in [0.25, 0.3) is 5.91 Å². The molecule has 0 aliphatic heterocycles. The Labute approximate surface area is 151 Å². The second-order valence-electron chi connectivity index (χ2n) is 5.80. The molecule has 0 bridgehead atoms. The highest BCUT2D eigenvalue weighted by Crippen LogP contribution is 2.14. The van der Waals surface area contributed by atoms with Gasteiger partial charge in [-0.25, -0.2) is 4.98 Å². The number of carboxylic acid groups (broad SMARTS) is 1. The van der Waals surface area contributed by atoms with Gasteiger partial charge in [0.1, 0.15) is 6.54 Å². The second-order valence-corrected chi connectivity index (χ2v) is 5.80. The van der Waals surface area contributed by atoms with Crippen molar-refractivity contribution in [1.82, 2.24) is 14.5 Å². The summed E-state index contributed by atoms with van der Waals surface area (Å²) in [5.74, 6) is -1.61. The number of carboxylic acids is 1. The normalized spacial score (nSPS) is 10.3. The minimum atomic E-state index is -1.06. The first-order valence-electron chi connectivity index (χ1n) is 8.36. The lowest BCUT2D eigenvalue weighted by Crippen LogP contribution is -2.36. The minimum absolute atomic E-state index is 0.181. The molecule has 2 N–H and O–H groups in total. The molecule has 2 aromatic rings. The van der Waals surface area contributed by atoms with Crippen molar-refractivity contribution in [3.63, 3.8) is 0 Å². The number of hydrogen-bond donors (Lipinski definition) is 2. The largest absolute Gasteiger partial charge is 0.480 e. The first kappa shape index (κ1) is 19.2. The quantitative estimate of drug-likeness (QED) is 0.712. The minimum Gasteiger partial charge on any atom is -0.480 e. The van der Waals surface area contributed by atoms with E-state index in [1.807, 2.05) is 6.92 Å². The van der Waals surface area contributed by atoms with E-state index in [1.165, 1.54) is 4.90 Å². The van der Waals surface area contributed by atoms with Crippen molar-refractivity contribution in [1.29, 1.82) is 0 Å². The molecule has 0 unspecified atom stereocenters. The van der Waals surface area contributed by atoms with Gasteiger partial charge in [-0.2, -0.15) is 0 Å². The lowest BCUT2D eigenvalue weighted by Gasteiger charge is -2.20. The summed E-state index contributed by atoms with van der Waals surface area (Å²) in [6.45, 7) is 2.38. The molecule has 1 heterocycles. The van der Waals surface area contributed by atoms with E-state index in [9.17, 15) is 14.4 Å². The van der Waals surface area contributed by atoms with Crippen molar-refractivity contribution in [2.75, 3.05) is 18.4 Å². The van der Waals surface area contributed by atoms with E-state index < -0.39 is 5.97 Å². The maximum absolute atomic E-state index is 12.5. The smallest absolute Gasteiger partial charge is 0.323 e. The number of carbonyl (C=O) groups excluding carboxylic acids is 2. The highest BCUT2D eigenvalue weighted by molar-refractivity contribution is 5.98. The summed E-state index contributed by atoms with van der Waals surface area (Å²) in [7, 11) is 0. The van der Waals surface area contributed by atoms with Gasteiger partial charge in [-0.1, -0.05) is 13.0 Å². The van der Waals surface area contributed by atoms with Crippen molar-refractivity contribution >= 4 is 23.5 Å². The molecule has 0 aliphatic rings. The van der Waals surface area contributed by atoms with Crippen LogP contribution in [0.15, 0.2) is 43.0 Å². The van der Waals surface area contributed by atoms with Gasteiger partial charge in [0, 0.05) is 43.2 Å². The molecule has 1 aromatic heterocycles. The van der Waals surface area contributed by atoms with Crippen LogP contribution in [0.5, 0.6) is 0 Å². The third-order valence-corrected chi connectivity index (χ3v) is 3.66. The molecule has 138 valence electrons. The van der Waals surface area contributed by atoms with Crippen molar-refractivity contribution in [3.05, 3.63) is 48.5 Å². The van der Waals surface area contributed by atoms with E-state index >= 15 is 0 Å². The standard InChI is InChI=1S/C18H22N4O4/c1-2-8-22(12-17(24)25)18(26)14-4-3-5-15(11-14)20-16(23)6-9-21-10-7-19-13-21/h3-5,7,10-11,13H,2,6,8-9,12H2,1H3,(H,20,23)(H,24,25). The van der Waals surface area contributed by atoms with E-state index in [4.69, 9.17) is 5.11 Å². The zero-order valence-corrected chi connectivity index (χ0v) is 14.6. The molecule has 26 heavy (non-hydrogen) atoms. The van der Waals surface area contributed by atoms with Crippen LogP contribution < -0.4 is 5.32 Å². The number of amides is 2. The zero-order valence-electron chi connectivity index (χ0n) is 14.6. The maximum atomic E-state index is 12.5. The Bertz CT molecular complexity index is 758. The Morgan fingerprint density at radius 3 is 2.77 bits per heavy atom. The topological polar surface area (TPSA) is 105 Å². The number of nitrogens with one attached hydrogen (secondary N) is 1. The average molecular weight is 358 g/mol. The van der Waals surface area contributed by atoms with Gasteiger partial charge in [-0.05, 0) is 24.6 Å². The molecule has 0 aliphatic carbocycles. The molecule has 8 nitrogen and oxygen atoms in total. The number of carbonyl (C=O) groups is 3. The van der Waals surface area contributed by atoms with Gasteiger partial charge in [0.15, 0.2) is 0 Å². The summed E-state index contributed by atoms with van der Waals surface area (Å²) in [5, 5.41) is 11.7. The highest BCUT2D eigenvalue weighted by Gasteiger charge is 2.18. The molecule has 2 amide bonds. The molecule has 1 aromatic carbocycles. The van der Waals surface area contributed by atoms with Gasteiger partial charge in [0.05, 0.1) is 6.33 Å². The van der Waals surface area contributed by atoms with Gasteiger partial charge in [-0.15, -0.1) is 0 Å². The van der Waals surface area contributed by atoms with Crippen molar-refractivity contribution in [2.24, 2.45) is 0 Å². The van der Waals surface area contributed by atoms with E-state index in [1.54, 1.807) is 47.6 Å². The predicted molar refractivity (Wildman–Crippen MR) is 95.7 cm³/mol. The van der Waals surface area contributed by atoms with Crippen LogP contribution in [0.2, 0.25) is 0 Å². The summed E-state index contributed by atoms with van der Waals surface area (Å²) >= 11 is 0. The Morgan fingerprint density at radius 2 is 2.12 bits per heavy atom. The van der Waals surface area contributed by atoms with E-state index in [2.05, 4.69) is 10.3 Å². The third kappa shape index (κ3) is 5.73. The number of aromatic nitrogens is 2. The Hall–Kier alpha value is -3.16. The summed E-state index contributed by atoms with van der Waals surface area (Å²) in [5.41, 5.74) is 0.838. The first-order valence-corrected chi connectivity index (χ1v) is 8.36. The Morgan fingerprint density at radius 1 is 1.31 bits per heavy atom. The molecule has 0 atom stereocenters. The van der Waals surface area contributed by atoms with Gasteiger partial charge in [0.2, 0.25) is 5.91 Å². The average Bonchev–Trinajstić information content (AvgIpc) is 3.12. The van der Waals surface area contributed by atoms with E-state index in [-0.39, 0.29) is 24.8 Å². The fraction of sp³-hybridized carbons (Fsp3) is 0.333. The van der Waals surface area contributed by atoms with Crippen LogP contribution in [-0.4, -0.2) is 50.4 Å². The van der Waals surface area contributed by atoms with Gasteiger partial charge < -0.3 is 19.9 Å². The predicted octanol–water partition coefficient (Wildman–Crippen LogP) is 1.85. The van der Waals surface area contributed by atoms with E-state index in [0.29, 0.717) is 30.8 Å². The summed E-state index contributed by atoms with van der Waals surface area (Å²) in [6, 6.07) is 6.51. The lowest BCUT2D eigenvalue weighted by molar-refractivity contribution is -0.137. The van der Waals surface area contributed by atoms with Crippen LogP contribution in [0, 0.1) is 0 Å². The summed E-state index contributed by atoms with van der Waals surface area (Å²) < 4.78 is 1.80. The molecule has 8 heteroatoms. The number of benzene rings is 1. The second kappa shape index (κ2) is 9.36. The molecule has 0 saturated carbocycles. The monoisotopic (exact) mass is 358 g/mol. The number of hydrogen-bond acceptors (Lipinski definition) is 4. The van der Waals surface area contributed by atoms with Gasteiger partial charge in [-0.3, -0.25) is 14.4 Å². The number of anilines is 1. The summed E-state index contributed by atoms with van der Waals surface area (Å²) in [4.78, 5) is 40.7. The number of imidazole rings is 1. The third-order valence-electron chi connectivity index (χ3n) is 3.66. The van der Waals surface area contributed by atoms with Crippen molar-refractivity contribution in [2.45, 2.75) is 26.3 Å². The fourth-order valence-corrected chi connectivity index (χ4v) is 2.47. The molecule has 0 radical (unpaired) electrons. The molecule has 0 spiro atoms. The molecular formula is C18H22N4O4. The van der Waals surface area contributed by atoms with Crippen LogP contribution in [-0.2, 0) is 16.1 Å². The van der Waals surface area contributed by atoms with Gasteiger partial charge >= 0.3 is 5.97 Å².